The van der Waals surface area contributed by atoms with Gasteiger partial charge in [-0.25, -0.2) is 0 Å². The first kappa shape index (κ1) is 38.0. The molecule has 0 N–H and O–H groups in total. The van der Waals surface area contributed by atoms with Crippen molar-refractivity contribution in [2.24, 2.45) is 0 Å². The zero-order valence-corrected chi connectivity index (χ0v) is 33.2. The van der Waals surface area contributed by atoms with Gasteiger partial charge in [-0.05, 0) is 83.6 Å². The van der Waals surface area contributed by atoms with Crippen molar-refractivity contribution in [2.45, 2.75) is 0 Å². The second kappa shape index (κ2) is 17.5. The molecule has 0 aliphatic heterocycles. The molecular formula is C52H41BN2O5. The van der Waals surface area contributed by atoms with Crippen LogP contribution in [0.4, 0.5) is 34.1 Å². The zero-order chi connectivity index (χ0) is 40.7. The maximum Gasteiger partial charge on any atom is 0.712 e. The van der Waals surface area contributed by atoms with E-state index in [2.05, 4.69) is 107 Å². The molecule has 9 rings (SSSR count). The van der Waals surface area contributed by atoms with E-state index in [1.54, 1.807) is 0 Å². The molecule has 292 valence electrons. The Morgan fingerprint density at radius 2 is 0.717 bits per heavy atom. The van der Waals surface area contributed by atoms with Gasteiger partial charge in [0, 0.05) is 59.9 Å². The number of para-hydroxylation sites is 5. The number of hydrogen-bond acceptors (Lipinski definition) is 7. The van der Waals surface area contributed by atoms with Crippen LogP contribution in [0.3, 0.4) is 0 Å². The molecule has 0 saturated heterocycles. The Morgan fingerprint density at radius 1 is 0.367 bits per heavy atom. The molecule has 9 aromatic rings. The third-order valence-electron chi connectivity index (χ3n) is 10.2. The predicted octanol–water partition coefficient (Wildman–Crippen LogP) is 14.2. The van der Waals surface area contributed by atoms with Gasteiger partial charge in [-0.3, -0.25) is 0 Å². The summed E-state index contributed by atoms with van der Waals surface area (Å²) in [5.74, 6) is 2.33. The van der Waals surface area contributed by atoms with Gasteiger partial charge >= 0.3 is 7.32 Å². The van der Waals surface area contributed by atoms with Crippen LogP contribution in [0.5, 0.6) is 28.7 Å². The van der Waals surface area contributed by atoms with Crippen molar-refractivity contribution in [1.29, 1.82) is 0 Å². The van der Waals surface area contributed by atoms with E-state index in [1.807, 2.05) is 115 Å². The van der Waals surface area contributed by atoms with Gasteiger partial charge in [-0.15, -0.1) is 0 Å². The molecule has 0 fully saturated rings. The van der Waals surface area contributed by atoms with Crippen LogP contribution < -0.4 is 23.9 Å². The van der Waals surface area contributed by atoms with Crippen molar-refractivity contribution in [3.63, 3.8) is 0 Å². The maximum atomic E-state index is 6.85. The zero-order valence-electron chi connectivity index (χ0n) is 33.2. The van der Waals surface area contributed by atoms with Crippen molar-refractivity contribution >= 4 is 63.0 Å². The Bertz CT molecular complexity index is 2580. The molecule has 0 atom stereocenters. The Hall–Kier alpha value is -7.52. The minimum absolute atomic E-state index is 0.307. The smallest absolute Gasteiger partial charge is 0.506 e. The van der Waals surface area contributed by atoms with Gasteiger partial charge in [0.05, 0.1) is 11.4 Å². The van der Waals surface area contributed by atoms with E-state index in [9.17, 15) is 0 Å². The molecule has 60 heavy (non-hydrogen) atoms. The van der Waals surface area contributed by atoms with Crippen LogP contribution in [0.25, 0.3) is 21.5 Å². The monoisotopic (exact) mass is 784 g/mol. The van der Waals surface area contributed by atoms with Gasteiger partial charge in [-0.2, -0.15) is 0 Å². The first-order valence-corrected chi connectivity index (χ1v) is 19.7. The van der Waals surface area contributed by atoms with Crippen LogP contribution in [0.2, 0.25) is 0 Å². The van der Waals surface area contributed by atoms with Crippen molar-refractivity contribution in [2.75, 3.05) is 24.0 Å². The molecule has 0 aliphatic rings. The average molecular weight is 785 g/mol. The number of ether oxygens (including phenoxy) is 2. The Labute approximate surface area is 350 Å². The molecule has 0 saturated carbocycles. The molecule has 0 heterocycles. The fraction of sp³-hybridized carbons (Fsp3) is 0.0385. The molecular weight excluding hydrogens is 743 g/mol. The topological polar surface area (TPSA) is 52.6 Å². The summed E-state index contributed by atoms with van der Waals surface area (Å²) >= 11 is 0. The van der Waals surface area contributed by atoms with Gasteiger partial charge < -0.3 is 33.2 Å². The first-order chi connectivity index (χ1) is 29.7. The fourth-order valence-corrected chi connectivity index (χ4v) is 7.49. The van der Waals surface area contributed by atoms with Gasteiger partial charge in [0.25, 0.3) is 0 Å². The predicted molar refractivity (Wildman–Crippen MR) is 244 cm³/mol. The second-order valence-electron chi connectivity index (χ2n) is 14.0. The highest BCUT2D eigenvalue weighted by Crippen LogP contribution is 2.47. The molecule has 0 aromatic heterocycles. The molecule has 0 amide bonds. The number of benzene rings is 9. The molecule has 0 bridgehead atoms. The fourth-order valence-electron chi connectivity index (χ4n) is 7.49. The number of fused-ring (bicyclic) bond motifs is 2. The number of hydrogen-bond donors (Lipinski definition) is 0. The first-order valence-electron chi connectivity index (χ1n) is 19.7. The van der Waals surface area contributed by atoms with Crippen LogP contribution in [-0.2, 0) is 9.31 Å². The minimum atomic E-state index is -1.05. The van der Waals surface area contributed by atoms with Crippen molar-refractivity contribution < 1.29 is 23.4 Å². The van der Waals surface area contributed by atoms with E-state index < -0.39 is 7.32 Å². The normalized spacial score (nSPS) is 11.0. The summed E-state index contributed by atoms with van der Waals surface area (Å²) in [7, 11) is 1.99. The number of rotatable bonds is 14. The quantitative estimate of drug-likeness (QED) is 0.102. The van der Waals surface area contributed by atoms with Crippen LogP contribution in [0.1, 0.15) is 0 Å². The summed E-state index contributed by atoms with van der Waals surface area (Å²) in [6, 6.07) is 71.7. The summed E-state index contributed by atoms with van der Waals surface area (Å²) in [6.07, 6.45) is 0. The second-order valence-corrected chi connectivity index (χ2v) is 14.0. The van der Waals surface area contributed by atoms with Crippen LogP contribution in [0, 0.1) is 0 Å². The lowest BCUT2D eigenvalue weighted by Crippen LogP contribution is -2.27. The lowest BCUT2D eigenvalue weighted by atomic mass is 10.1. The number of nitrogens with zero attached hydrogens (tertiary/aromatic N) is 2. The van der Waals surface area contributed by atoms with E-state index in [0.29, 0.717) is 28.7 Å². The van der Waals surface area contributed by atoms with E-state index in [4.69, 9.17) is 23.4 Å². The van der Waals surface area contributed by atoms with Crippen LogP contribution in [-0.4, -0.2) is 21.5 Å². The Morgan fingerprint density at radius 3 is 1.08 bits per heavy atom. The largest absolute Gasteiger partial charge is 0.712 e. The highest BCUT2D eigenvalue weighted by atomic mass is 16.7. The lowest BCUT2D eigenvalue weighted by molar-refractivity contribution is 0.197. The van der Waals surface area contributed by atoms with Crippen LogP contribution in [0.15, 0.2) is 212 Å². The number of anilines is 6. The molecule has 0 radical (unpaired) electrons. The minimum Gasteiger partial charge on any atom is -0.506 e. The summed E-state index contributed by atoms with van der Waals surface area (Å²) < 4.78 is 31.2. The molecule has 7 nitrogen and oxygen atoms in total. The van der Waals surface area contributed by atoms with Crippen molar-refractivity contribution in [3.05, 3.63) is 212 Å². The molecule has 0 aliphatic carbocycles. The lowest BCUT2D eigenvalue weighted by Gasteiger charge is -2.28. The average Bonchev–Trinajstić information content (AvgIpc) is 3.30. The van der Waals surface area contributed by atoms with Crippen molar-refractivity contribution in [3.8, 4) is 28.7 Å². The van der Waals surface area contributed by atoms with E-state index in [-0.39, 0.29) is 0 Å². The SMILES string of the molecule is COB(OC)Oc1c(Oc2cc(N(c3ccccc3)c3ccccc3)c3ccccc3c2)cccc1Oc1cc(N(c2ccccc2)c2ccccc2)c2ccccc2c1. The van der Waals surface area contributed by atoms with Crippen LogP contribution >= 0.6 is 0 Å². The molecule has 0 spiro atoms. The van der Waals surface area contributed by atoms with Gasteiger partial charge in [0.15, 0.2) is 17.2 Å². The molecule has 9 aromatic carbocycles. The third-order valence-corrected chi connectivity index (χ3v) is 10.2. The summed E-state index contributed by atoms with van der Waals surface area (Å²) in [5.41, 5.74) is 5.96. The highest BCUT2D eigenvalue weighted by molar-refractivity contribution is 6.37. The Balaban J connectivity index is 1.16. The standard InChI is InChI=1S/C52H41BN2O5/c1-56-53(57-2)60-52-50(58-44-34-38-20-15-17-30-46(38)48(36-44)54(40-22-7-3-8-23-40)41-24-9-4-10-25-41)32-19-33-51(52)59-45-35-39-21-16-18-31-47(39)49(37-45)55(42-26-11-5-12-27-42)43-28-13-6-14-29-43/h3-37H,1-2H3. The van der Waals surface area contributed by atoms with E-state index >= 15 is 0 Å². The van der Waals surface area contributed by atoms with E-state index in [0.717, 1.165) is 55.7 Å². The summed E-state index contributed by atoms with van der Waals surface area (Å²) in [6.45, 7) is 0. The third kappa shape index (κ3) is 7.98. The molecule has 8 heteroatoms. The summed E-state index contributed by atoms with van der Waals surface area (Å²) in [4.78, 5) is 4.48. The van der Waals surface area contributed by atoms with Gasteiger partial charge in [-0.1, -0.05) is 127 Å². The molecule has 0 unspecified atom stereocenters. The highest BCUT2D eigenvalue weighted by Gasteiger charge is 2.27. The summed E-state index contributed by atoms with van der Waals surface area (Å²) in [5, 5.41) is 4.15. The van der Waals surface area contributed by atoms with E-state index in [1.165, 1.54) is 14.2 Å². The van der Waals surface area contributed by atoms with Gasteiger partial charge in [0.1, 0.15) is 11.5 Å². The van der Waals surface area contributed by atoms with Crippen molar-refractivity contribution in [1.82, 2.24) is 0 Å². The van der Waals surface area contributed by atoms with Gasteiger partial charge in [0.2, 0.25) is 0 Å². The maximum absolute atomic E-state index is 6.85. The Kier molecular flexibility index (Phi) is 11.1.